The third-order valence-electron chi connectivity index (χ3n) is 5.45. The highest BCUT2D eigenvalue weighted by Crippen LogP contribution is 2.28. The maximum absolute atomic E-state index is 12.4. The number of carbonyl (C=O) groups is 3. The zero-order valence-electron chi connectivity index (χ0n) is 18.6. The Bertz CT molecular complexity index is 1010. The van der Waals surface area contributed by atoms with Crippen LogP contribution in [0.15, 0.2) is 42.5 Å². The molecule has 1 saturated heterocycles. The molecule has 0 aliphatic carbocycles. The number of esters is 1. The van der Waals surface area contributed by atoms with Gasteiger partial charge in [0.05, 0.1) is 20.1 Å². The first-order valence-electron chi connectivity index (χ1n) is 10.6. The van der Waals surface area contributed by atoms with Crippen LogP contribution in [-0.4, -0.2) is 56.6 Å². The van der Waals surface area contributed by atoms with Crippen LogP contribution in [0.4, 0.5) is 0 Å². The van der Waals surface area contributed by atoms with E-state index in [4.69, 9.17) is 25.8 Å². The van der Waals surface area contributed by atoms with Gasteiger partial charge >= 0.3 is 5.97 Å². The van der Waals surface area contributed by atoms with E-state index in [9.17, 15) is 14.4 Å². The number of amides is 2. The number of ether oxygens (including phenoxy) is 3. The Morgan fingerprint density at radius 3 is 2.61 bits per heavy atom. The molecule has 1 atom stereocenters. The minimum absolute atomic E-state index is 0.0754. The molecule has 176 valence electrons. The number of methoxy groups -OCH3 is 2. The zero-order valence-corrected chi connectivity index (χ0v) is 19.4. The second kappa shape index (κ2) is 11.6. The van der Waals surface area contributed by atoms with Crippen LogP contribution < -0.4 is 14.8 Å². The summed E-state index contributed by atoms with van der Waals surface area (Å²) in [5.41, 5.74) is 1.76. The molecule has 9 heteroatoms. The highest BCUT2D eigenvalue weighted by molar-refractivity contribution is 6.31. The van der Waals surface area contributed by atoms with Gasteiger partial charge in [-0.1, -0.05) is 35.9 Å². The van der Waals surface area contributed by atoms with E-state index in [2.05, 4.69) is 5.32 Å². The number of carbonyl (C=O) groups excluding carboxylic acids is 3. The monoisotopic (exact) mass is 474 g/mol. The molecular weight excluding hydrogens is 448 g/mol. The van der Waals surface area contributed by atoms with Crippen LogP contribution in [0, 0.1) is 5.92 Å². The van der Waals surface area contributed by atoms with Crippen molar-refractivity contribution in [2.45, 2.75) is 19.4 Å². The molecule has 1 heterocycles. The number of rotatable bonds is 10. The first kappa shape index (κ1) is 24.4. The van der Waals surface area contributed by atoms with Crippen molar-refractivity contribution in [2.75, 3.05) is 33.9 Å². The molecule has 0 aromatic heterocycles. The van der Waals surface area contributed by atoms with E-state index in [0.717, 1.165) is 11.1 Å². The van der Waals surface area contributed by atoms with E-state index in [1.54, 1.807) is 37.3 Å². The third kappa shape index (κ3) is 6.61. The molecule has 1 N–H and O–H groups in total. The van der Waals surface area contributed by atoms with Crippen molar-refractivity contribution in [3.8, 4) is 11.5 Å². The first-order valence-corrected chi connectivity index (χ1v) is 10.9. The Balaban J connectivity index is 1.43. The number of nitrogens with one attached hydrogen (secondary N) is 1. The van der Waals surface area contributed by atoms with E-state index >= 15 is 0 Å². The lowest BCUT2D eigenvalue weighted by Crippen LogP contribution is -2.31. The fourth-order valence-corrected chi connectivity index (χ4v) is 3.79. The van der Waals surface area contributed by atoms with E-state index in [0.29, 0.717) is 29.5 Å². The Hall–Kier alpha value is -3.26. The quantitative estimate of drug-likeness (QED) is 0.532. The van der Waals surface area contributed by atoms with Crippen molar-refractivity contribution in [3.63, 3.8) is 0 Å². The lowest BCUT2D eigenvalue weighted by atomic mass is 10.1. The summed E-state index contributed by atoms with van der Waals surface area (Å²) in [7, 11) is 3.14. The van der Waals surface area contributed by atoms with Gasteiger partial charge in [-0.05, 0) is 35.7 Å². The smallest absolute Gasteiger partial charge is 0.311 e. The van der Waals surface area contributed by atoms with Gasteiger partial charge in [-0.15, -0.1) is 0 Å². The summed E-state index contributed by atoms with van der Waals surface area (Å²) in [5.74, 6) is -0.420. The summed E-state index contributed by atoms with van der Waals surface area (Å²) in [6.45, 7) is 0.574. The summed E-state index contributed by atoms with van der Waals surface area (Å²) in [6.07, 6.45) is 0.685. The van der Waals surface area contributed by atoms with E-state index in [-0.39, 0.29) is 25.4 Å². The van der Waals surface area contributed by atoms with E-state index < -0.39 is 24.4 Å². The molecule has 2 aromatic rings. The third-order valence-corrected chi connectivity index (χ3v) is 5.81. The second-order valence-corrected chi connectivity index (χ2v) is 8.06. The Morgan fingerprint density at radius 1 is 1.12 bits per heavy atom. The van der Waals surface area contributed by atoms with Crippen molar-refractivity contribution >= 4 is 29.4 Å². The van der Waals surface area contributed by atoms with Crippen molar-refractivity contribution in [1.29, 1.82) is 0 Å². The maximum atomic E-state index is 12.4. The molecule has 2 amide bonds. The number of hydrogen-bond acceptors (Lipinski definition) is 6. The van der Waals surface area contributed by atoms with Crippen LogP contribution in [-0.2, 0) is 32.1 Å². The molecule has 2 aromatic carbocycles. The first-order chi connectivity index (χ1) is 15.9. The molecule has 8 nitrogen and oxygen atoms in total. The predicted octanol–water partition coefficient (Wildman–Crippen LogP) is 2.61. The fourth-order valence-electron chi connectivity index (χ4n) is 3.59. The average Bonchev–Trinajstić information content (AvgIpc) is 3.20. The van der Waals surface area contributed by atoms with Crippen molar-refractivity contribution < 1.29 is 28.6 Å². The van der Waals surface area contributed by atoms with Gasteiger partial charge in [0.1, 0.15) is 0 Å². The van der Waals surface area contributed by atoms with Crippen LogP contribution in [0.2, 0.25) is 5.02 Å². The minimum atomic E-state index is -0.584. The average molecular weight is 475 g/mol. The molecule has 0 spiro atoms. The van der Waals surface area contributed by atoms with E-state index in [1.807, 2.05) is 24.3 Å². The van der Waals surface area contributed by atoms with Gasteiger partial charge in [0.25, 0.3) is 5.91 Å². The molecule has 1 unspecified atom stereocenters. The lowest BCUT2D eigenvalue weighted by molar-refractivity contribution is -0.152. The topological polar surface area (TPSA) is 94.2 Å². The molecule has 1 aliphatic heterocycles. The summed E-state index contributed by atoms with van der Waals surface area (Å²) in [6, 6.07) is 12.8. The van der Waals surface area contributed by atoms with Crippen LogP contribution in [0.25, 0.3) is 0 Å². The molecule has 1 aliphatic rings. The highest BCUT2D eigenvalue weighted by atomic mass is 35.5. The van der Waals surface area contributed by atoms with Crippen LogP contribution in [0.1, 0.15) is 17.5 Å². The fraction of sp³-hybridized carbons (Fsp3) is 0.375. The van der Waals surface area contributed by atoms with E-state index in [1.165, 1.54) is 0 Å². The molecule has 0 saturated carbocycles. The summed E-state index contributed by atoms with van der Waals surface area (Å²) < 4.78 is 15.7. The molecule has 1 fully saturated rings. The van der Waals surface area contributed by atoms with Crippen LogP contribution >= 0.6 is 11.6 Å². The van der Waals surface area contributed by atoms with Gasteiger partial charge in [-0.3, -0.25) is 14.4 Å². The van der Waals surface area contributed by atoms with Crippen LogP contribution in [0.5, 0.6) is 11.5 Å². The minimum Gasteiger partial charge on any atom is -0.493 e. The number of halogens is 1. The highest BCUT2D eigenvalue weighted by Gasteiger charge is 2.35. The number of nitrogens with zero attached hydrogens (tertiary/aromatic N) is 1. The van der Waals surface area contributed by atoms with Crippen molar-refractivity contribution in [3.05, 3.63) is 58.6 Å². The number of hydrogen-bond donors (Lipinski definition) is 1. The lowest BCUT2D eigenvalue weighted by Gasteiger charge is -2.17. The van der Waals surface area contributed by atoms with Gasteiger partial charge in [-0.25, -0.2) is 0 Å². The van der Waals surface area contributed by atoms with Crippen molar-refractivity contribution in [2.24, 2.45) is 5.92 Å². The summed E-state index contributed by atoms with van der Waals surface area (Å²) in [5, 5.41) is 3.21. The predicted molar refractivity (Wildman–Crippen MR) is 122 cm³/mol. The SMILES string of the molecule is COc1ccc(CCN2CC(C(=O)OCC(=O)NCc3ccccc3Cl)CC2=O)cc1OC. The van der Waals surface area contributed by atoms with Gasteiger partial charge in [0.2, 0.25) is 5.91 Å². The van der Waals surface area contributed by atoms with Crippen molar-refractivity contribution in [1.82, 2.24) is 10.2 Å². The summed E-state index contributed by atoms with van der Waals surface area (Å²) in [4.78, 5) is 38.4. The summed E-state index contributed by atoms with van der Waals surface area (Å²) >= 11 is 6.06. The Kier molecular flexibility index (Phi) is 8.54. The second-order valence-electron chi connectivity index (χ2n) is 7.66. The molecule has 3 rings (SSSR count). The molecule has 0 radical (unpaired) electrons. The van der Waals surface area contributed by atoms with Gasteiger partial charge < -0.3 is 24.4 Å². The number of benzene rings is 2. The molecule has 0 bridgehead atoms. The standard InChI is InChI=1S/C24H27ClN2O6/c1-31-20-8-7-16(11-21(20)32-2)9-10-27-14-18(12-23(27)29)24(30)33-15-22(28)26-13-17-5-3-4-6-19(17)25/h3-8,11,18H,9-10,12-15H2,1-2H3,(H,26,28). The van der Waals surface area contributed by atoms with Crippen LogP contribution in [0.3, 0.4) is 0 Å². The van der Waals surface area contributed by atoms with Gasteiger partial charge in [0, 0.05) is 31.1 Å². The maximum Gasteiger partial charge on any atom is 0.311 e. The molecule has 33 heavy (non-hydrogen) atoms. The Morgan fingerprint density at radius 2 is 1.88 bits per heavy atom. The van der Waals surface area contributed by atoms with Gasteiger partial charge in [-0.2, -0.15) is 0 Å². The Labute approximate surface area is 197 Å². The largest absolute Gasteiger partial charge is 0.493 e. The number of likely N-dealkylation sites (tertiary alicyclic amines) is 1. The zero-order chi connectivity index (χ0) is 23.8. The van der Waals surface area contributed by atoms with Gasteiger partial charge in [0.15, 0.2) is 18.1 Å². The molecular formula is C24H27ClN2O6. The normalized spacial score (nSPS) is 15.3.